The van der Waals surface area contributed by atoms with Crippen LogP contribution in [0.5, 0.6) is 0 Å². The molecule has 1 aliphatic heterocycles. The molecule has 1 fully saturated rings. The average Bonchev–Trinajstić information content (AvgIpc) is 3.27. The van der Waals surface area contributed by atoms with Gasteiger partial charge in [-0.2, -0.15) is 0 Å². The Labute approximate surface area is 186 Å². The van der Waals surface area contributed by atoms with Crippen molar-refractivity contribution in [3.05, 3.63) is 86.6 Å². The van der Waals surface area contributed by atoms with Crippen LogP contribution in [0.3, 0.4) is 0 Å². The Morgan fingerprint density at radius 1 is 0.967 bits per heavy atom. The molecule has 0 radical (unpaired) electrons. The maximum absolute atomic E-state index is 5.76. The second-order valence-electron chi connectivity index (χ2n) is 8.86. The van der Waals surface area contributed by atoms with Crippen LogP contribution in [-0.4, -0.2) is 6.54 Å². The van der Waals surface area contributed by atoms with E-state index in [-0.39, 0.29) is 0 Å². The Kier molecular flexibility index (Phi) is 6.70. The molecule has 1 saturated carbocycles. The topological polar surface area (TPSA) is 38.0 Å². The van der Waals surface area contributed by atoms with Gasteiger partial charge in [0.1, 0.15) is 0 Å². The predicted octanol–water partition coefficient (Wildman–Crippen LogP) is 6.57. The molecule has 2 aliphatic rings. The number of nitrogens with one attached hydrogen (secondary N) is 1. The molecule has 2 aromatic rings. The molecule has 0 bridgehead atoms. The maximum atomic E-state index is 5.76. The molecule has 2 nitrogen and oxygen atoms in total. The summed E-state index contributed by atoms with van der Waals surface area (Å²) < 4.78 is 0. The molecule has 0 aromatic heterocycles. The Bertz CT molecular complexity index is 963. The van der Waals surface area contributed by atoms with Gasteiger partial charge in [0.2, 0.25) is 0 Å². The van der Waals surface area contributed by atoms with Crippen LogP contribution in [0.25, 0.3) is 4.91 Å². The number of rotatable bonds is 6. The van der Waals surface area contributed by atoms with E-state index in [0.717, 1.165) is 18.8 Å². The van der Waals surface area contributed by atoms with Crippen LogP contribution in [0.2, 0.25) is 0 Å². The summed E-state index contributed by atoms with van der Waals surface area (Å²) in [6.45, 7) is 7.31. The first-order valence-corrected chi connectivity index (χ1v) is 12.2. The van der Waals surface area contributed by atoms with Gasteiger partial charge in [0.05, 0.1) is 0 Å². The summed E-state index contributed by atoms with van der Waals surface area (Å²) in [4.78, 5) is 1.34. The molecule has 0 unspecified atom stereocenters. The highest BCUT2D eigenvalue weighted by atomic mass is 32.2. The third-order valence-corrected chi connectivity index (χ3v) is 7.78. The Morgan fingerprint density at radius 2 is 1.63 bits per heavy atom. The van der Waals surface area contributed by atoms with E-state index in [1.54, 1.807) is 0 Å². The molecule has 3 heteroatoms. The van der Waals surface area contributed by atoms with Crippen LogP contribution < -0.4 is 11.1 Å². The van der Waals surface area contributed by atoms with Gasteiger partial charge in [-0.15, -0.1) is 0 Å². The third-order valence-electron chi connectivity index (χ3n) is 6.60. The highest BCUT2D eigenvalue weighted by molar-refractivity contribution is 8.11. The first-order valence-electron chi connectivity index (χ1n) is 11.3. The minimum atomic E-state index is 0.706. The number of hydrogen-bond donors (Lipinski definition) is 2. The van der Waals surface area contributed by atoms with E-state index in [9.17, 15) is 0 Å². The standard InChI is InChI=1S/C27H34N2S/c1-18-15-25(19(2)14-24(18)12-13-28)16-26-17-30-27(20(3)29-26)23-10-8-22(9-11-23)21-6-4-5-7-21/h8-11,14-15,17,21,29H,4-7,12-13,16,28H2,1-3H3. The van der Waals surface area contributed by atoms with Crippen LogP contribution in [-0.2, 0) is 12.8 Å². The minimum absolute atomic E-state index is 0.706. The molecular weight excluding hydrogens is 384 g/mol. The van der Waals surface area contributed by atoms with E-state index < -0.39 is 0 Å². The second kappa shape index (κ2) is 9.45. The molecule has 1 heterocycles. The smallest absolute Gasteiger partial charge is 0.0379 e. The number of nitrogens with two attached hydrogens (primary N) is 1. The predicted molar refractivity (Wildman–Crippen MR) is 131 cm³/mol. The summed E-state index contributed by atoms with van der Waals surface area (Å²) in [6.07, 6.45) is 7.38. The number of hydrogen-bond acceptors (Lipinski definition) is 3. The van der Waals surface area contributed by atoms with Gasteiger partial charge in [-0.1, -0.05) is 61.0 Å². The van der Waals surface area contributed by atoms with Crippen molar-refractivity contribution in [2.24, 2.45) is 5.73 Å². The monoisotopic (exact) mass is 418 g/mol. The van der Waals surface area contributed by atoms with Gasteiger partial charge in [-0.3, -0.25) is 0 Å². The van der Waals surface area contributed by atoms with Crippen LogP contribution in [0, 0.1) is 13.8 Å². The van der Waals surface area contributed by atoms with E-state index in [2.05, 4.69) is 67.9 Å². The van der Waals surface area contributed by atoms with Crippen molar-refractivity contribution in [2.75, 3.05) is 6.54 Å². The Morgan fingerprint density at radius 3 is 2.30 bits per heavy atom. The van der Waals surface area contributed by atoms with Crippen molar-refractivity contribution in [3.8, 4) is 0 Å². The van der Waals surface area contributed by atoms with Gasteiger partial charge in [-0.05, 0) is 91.3 Å². The third kappa shape index (κ3) is 4.68. The molecular formula is C27H34N2S. The van der Waals surface area contributed by atoms with Gasteiger partial charge in [0.15, 0.2) is 0 Å². The molecule has 0 amide bonds. The molecule has 158 valence electrons. The van der Waals surface area contributed by atoms with Crippen molar-refractivity contribution in [2.45, 2.75) is 65.2 Å². The van der Waals surface area contributed by atoms with Gasteiger partial charge in [0, 0.05) is 22.7 Å². The zero-order valence-corrected chi connectivity index (χ0v) is 19.4. The fraction of sp³-hybridized carbons (Fsp3) is 0.407. The largest absolute Gasteiger partial charge is 0.361 e. The highest BCUT2D eigenvalue weighted by Crippen LogP contribution is 2.38. The normalized spacial score (nSPS) is 17.3. The SMILES string of the molecule is CC1=C(c2ccc(C3CCCC3)cc2)SC=C(Cc2cc(C)c(CCN)cc2C)N1. The van der Waals surface area contributed by atoms with Crippen LogP contribution in [0.4, 0.5) is 0 Å². The van der Waals surface area contributed by atoms with Crippen molar-refractivity contribution in [1.29, 1.82) is 0 Å². The van der Waals surface area contributed by atoms with Gasteiger partial charge in [0.25, 0.3) is 0 Å². The molecule has 4 rings (SSSR count). The quantitative estimate of drug-likeness (QED) is 0.557. The summed E-state index contributed by atoms with van der Waals surface area (Å²) in [5.74, 6) is 0.778. The lowest BCUT2D eigenvalue weighted by atomic mass is 9.95. The number of benzene rings is 2. The lowest BCUT2D eigenvalue weighted by Gasteiger charge is -2.22. The zero-order chi connectivity index (χ0) is 21.1. The second-order valence-corrected chi connectivity index (χ2v) is 9.74. The van der Waals surface area contributed by atoms with Crippen molar-refractivity contribution < 1.29 is 0 Å². The summed E-state index contributed by atoms with van der Waals surface area (Å²) in [5.41, 5.74) is 16.6. The summed E-state index contributed by atoms with van der Waals surface area (Å²) in [7, 11) is 0. The van der Waals surface area contributed by atoms with E-state index >= 15 is 0 Å². The van der Waals surface area contributed by atoms with Crippen LogP contribution >= 0.6 is 11.8 Å². The van der Waals surface area contributed by atoms with Gasteiger partial charge < -0.3 is 11.1 Å². The van der Waals surface area contributed by atoms with Crippen molar-refractivity contribution >= 4 is 16.7 Å². The maximum Gasteiger partial charge on any atom is 0.0379 e. The Balaban J connectivity index is 1.45. The first kappa shape index (κ1) is 21.3. The molecule has 2 aromatic carbocycles. The molecule has 0 spiro atoms. The Hall–Kier alpha value is -1.97. The number of allylic oxidation sites excluding steroid dienone is 2. The number of thioether (sulfide) groups is 1. The molecule has 3 N–H and O–H groups in total. The van der Waals surface area contributed by atoms with E-state index in [4.69, 9.17) is 5.73 Å². The molecule has 0 atom stereocenters. The van der Waals surface area contributed by atoms with Gasteiger partial charge in [-0.25, -0.2) is 0 Å². The fourth-order valence-corrected chi connectivity index (χ4v) is 5.74. The van der Waals surface area contributed by atoms with Crippen LogP contribution in [0.1, 0.15) is 71.9 Å². The highest BCUT2D eigenvalue weighted by Gasteiger charge is 2.18. The molecule has 1 aliphatic carbocycles. The summed E-state index contributed by atoms with van der Waals surface area (Å²) in [6, 6.07) is 14.0. The molecule has 30 heavy (non-hydrogen) atoms. The summed E-state index contributed by atoms with van der Waals surface area (Å²) >= 11 is 1.85. The van der Waals surface area contributed by atoms with Crippen molar-refractivity contribution in [1.82, 2.24) is 5.32 Å². The van der Waals surface area contributed by atoms with Crippen molar-refractivity contribution in [3.63, 3.8) is 0 Å². The lowest BCUT2D eigenvalue weighted by Crippen LogP contribution is -2.17. The number of aryl methyl sites for hydroxylation is 2. The lowest BCUT2D eigenvalue weighted by molar-refractivity contribution is 0.723. The zero-order valence-electron chi connectivity index (χ0n) is 18.6. The summed E-state index contributed by atoms with van der Waals surface area (Å²) in [5, 5.41) is 5.96. The van der Waals surface area contributed by atoms with Gasteiger partial charge >= 0.3 is 0 Å². The van der Waals surface area contributed by atoms with E-state index in [0.29, 0.717) is 6.54 Å². The first-order chi connectivity index (χ1) is 14.5. The van der Waals surface area contributed by atoms with E-state index in [1.807, 2.05) is 11.8 Å². The van der Waals surface area contributed by atoms with Crippen LogP contribution in [0.15, 0.2) is 53.2 Å². The molecule has 0 saturated heterocycles. The average molecular weight is 419 g/mol. The minimum Gasteiger partial charge on any atom is -0.361 e. The fourth-order valence-electron chi connectivity index (χ4n) is 4.84. The van der Waals surface area contributed by atoms with E-state index in [1.165, 1.54) is 75.4 Å².